The van der Waals surface area contributed by atoms with Gasteiger partial charge in [0, 0.05) is 46.0 Å². The number of carbonyl (C=O) groups is 1. The average Bonchev–Trinajstić information content (AvgIpc) is 2.96. The number of sulfonamides is 1. The zero-order valence-electron chi connectivity index (χ0n) is 14.0. The molecule has 7 nitrogen and oxygen atoms in total. The van der Waals surface area contributed by atoms with Gasteiger partial charge in [-0.1, -0.05) is 6.42 Å². The van der Waals surface area contributed by atoms with Crippen molar-refractivity contribution < 1.29 is 13.2 Å². The van der Waals surface area contributed by atoms with Crippen LogP contribution in [0.5, 0.6) is 0 Å². The third-order valence-electron chi connectivity index (χ3n) is 4.47. The summed E-state index contributed by atoms with van der Waals surface area (Å²) in [6, 6.07) is 1.35. The van der Waals surface area contributed by atoms with Crippen molar-refractivity contribution in [3.63, 3.8) is 0 Å². The van der Waals surface area contributed by atoms with Crippen molar-refractivity contribution in [2.45, 2.75) is 37.1 Å². The number of rotatable bonds is 5. The van der Waals surface area contributed by atoms with Crippen molar-refractivity contribution in [2.75, 3.05) is 26.7 Å². The van der Waals surface area contributed by atoms with Crippen LogP contribution in [0.2, 0.25) is 0 Å². The maximum atomic E-state index is 12.7. The Hall–Kier alpha value is -1.38. The first-order valence-corrected chi connectivity index (χ1v) is 9.36. The molecule has 0 aromatic carbocycles. The van der Waals surface area contributed by atoms with Crippen LogP contribution in [0.25, 0.3) is 0 Å². The van der Waals surface area contributed by atoms with Gasteiger partial charge in [0.2, 0.25) is 10.0 Å². The second-order valence-corrected chi connectivity index (χ2v) is 8.08. The van der Waals surface area contributed by atoms with E-state index in [9.17, 15) is 13.2 Å². The summed E-state index contributed by atoms with van der Waals surface area (Å²) in [5, 5.41) is 0. The van der Waals surface area contributed by atoms with E-state index in [-0.39, 0.29) is 16.8 Å². The second-order valence-electron chi connectivity index (χ2n) is 6.14. The number of hydrogen-bond donors (Lipinski definition) is 1. The van der Waals surface area contributed by atoms with Crippen LogP contribution in [0.1, 0.15) is 36.7 Å². The summed E-state index contributed by atoms with van der Waals surface area (Å²) in [7, 11) is -0.175. The molecule has 2 N–H and O–H groups in total. The molecule has 1 aliphatic rings. The maximum Gasteiger partial charge on any atom is 0.270 e. The molecule has 2 rings (SSSR count). The van der Waals surface area contributed by atoms with E-state index in [2.05, 4.69) is 0 Å². The molecule has 1 aromatic heterocycles. The van der Waals surface area contributed by atoms with Crippen LogP contribution in [0, 0.1) is 0 Å². The van der Waals surface area contributed by atoms with Crippen molar-refractivity contribution in [2.24, 2.45) is 12.8 Å². The predicted molar refractivity (Wildman–Crippen MR) is 88.6 cm³/mol. The summed E-state index contributed by atoms with van der Waals surface area (Å²) in [4.78, 5) is 14.2. The van der Waals surface area contributed by atoms with Crippen LogP contribution < -0.4 is 5.73 Å². The molecule has 0 radical (unpaired) electrons. The molecule has 1 fully saturated rings. The van der Waals surface area contributed by atoms with Crippen LogP contribution in [0.3, 0.4) is 0 Å². The number of nitrogens with two attached hydrogens (primary N) is 1. The molecule has 130 valence electrons. The second kappa shape index (κ2) is 7.02. The van der Waals surface area contributed by atoms with Crippen molar-refractivity contribution in [3.05, 3.63) is 18.0 Å². The fourth-order valence-corrected chi connectivity index (χ4v) is 4.27. The highest BCUT2D eigenvalue weighted by molar-refractivity contribution is 7.89. The molecular weight excluding hydrogens is 316 g/mol. The van der Waals surface area contributed by atoms with E-state index in [1.165, 1.54) is 21.5 Å². The Bertz CT molecular complexity index is 662. The summed E-state index contributed by atoms with van der Waals surface area (Å²) in [5.41, 5.74) is 5.95. The number of aryl methyl sites for hydroxylation is 1. The van der Waals surface area contributed by atoms with Gasteiger partial charge in [0.1, 0.15) is 10.6 Å². The van der Waals surface area contributed by atoms with Crippen LogP contribution in [-0.4, -0.2) is 60.8 Å². The Balaban J connectivity index is 2.28. The van der Waals surface area contributed by atoms with Gasteiger partial charge >= 0.3 is 0 Å². The normalized spacial score (nSPS) is 17.9. The molecular formula is C15H26N4O3S. The van der Waals surface area contributed by atoms with Crippen LogP contribution in [0.15, 0.2) is 17.2 Å². The number of aromatic nitrogens is 1. The molecule has 1 amide bonds. The largest absolute Gasteiger partial charge is 0.345 e. The number of likely N-dealkylation sites (N-methyl/N-ethyl adjacent to an activating group) is 1. The quantitative estimate of drug-likeness (QED) is 0.849. The van der Waals surface area contributed by atoms with Gasteiger partial charge in [-0.25, -0.2) is 8.42 Å². The number of amides is 1. The summed E-state index contributed by atoms with van der Waals surface area (Å²) in [5.74, 6) is -0.231. The Kier molecular flexibility index (Phi) is 5.49. The van der Waals surface area contributed by atoms with Crippen molar-refractivity contribution >= 4 is 15.9 Å². The van der Waals surface area contributed by atoms with Crippen LogP contribution in [-0.2, 0) is 17.1 Å². The minimum absolute atomic E-state index is 0.112. The minimum Gasteiger partial charge on any atom is -0.345 e. The first kappa shape index (κ1) is 18.0. The molecule has 23 heavy (non-hydrogen) atoms. The molecule has 8 heteroatoms. The third kappa shape index (κ3) is 3.59. The molecule has 2 heterocycles. The molecule has 1 aromatic rings. The highest BCUT2D eigenvalue weighted by atomic mass is 32.2. The van der Waals surface area contributed by atoms with E-state index in [0.717, 1.165) is 19.3 Å². The number of hydrogen-bond acceptors (Lipinski definition) is 4. The summed E-state index contributed by atoms with van der Waals surface area (Å²) >= 11 is 0. The van der Waals surface area contributed by atoms with Gasteiger partial charge in [0.25, 0.3) is 5.91 Å². The smallest absolute Gasteiger partial charge is 0.270 e. The summed E-state index contributed by atoms with van der Waals surface area (Å²) < 4.78 is 28.5. The monoisotopic (exact) mass is 342 g/mol. The van der Waals surface area contributed by atoms with Crippen molar-refractivity contribution in [1.82, 2.24) is 13.8 Å². The van der Waals surface area contributed by atoms with E-state index in [1.54, 1.807) is 18.7 Å². The molecule has 1 aliphatic heterocycles. The van der Waals surface area contributed by atoms with Gasteiger partial charge in [-0.15, -0.1) is 0 Å². The highest BCUT2D eigenvalue weighted by Gasteiger charge is 2.29. The molecule has 0 spiro atoms. The van der Waals surface area contributed by atoms with E-state index < -0.39 is 10.0 Å². The zero-order chi connectivity index (χ0) is 17.2. The van der Waals surface area contributed by atoms with Crippen molar-refractivity contribution in [3.8, 4) is 0 Å². The van der Waals surface area contributed by atoms with Gasteiger partial charge in [0.15, 0.2) is 0 Å². The molecule has 0 bridgehead atoms. The summed E-state index contributed by atoms with van der Waals surface area (Å²) in [6.07, 6.45) is 4.34. The Labute approximate surface area is 138 Å². The topological polar surface area (TPSA) is 88.6 Å². The highest BCUT2D eigenvalue weighted by Crippen LogP contribution is 2.23. The van der Waals surface area contributed by atoms with Gasteiger partial charge in [-0.05, 0) is 25.8 Å². The van der Waals surface area contributed by atoms with Gasteiger partial charge < -0.3 is 15.2 Å². The summed E-state index contributed by atoms with van der Waals surface area (Å²) in [6.45, 7) is 3.30. The van der Waals surface area contributed by atoms with E-state index >= 15 is 0 Å². The SMILES string of the molecule is CC(CN)N(C)C(=O)c1cc(S(=O)(=O)N2CCCCC2)cn1C. The molecule has 1 atom stereocenters. The van der Waals surface area contributed by atoms with E-state index in [1.807, 2.05) is 6.92 Å². The molecule has 0 aliphatic carbocycles. The first-order valence-electron chi connectivity index (χ1n) is 7.92. The Morgan fingerprint density at radius 2 is 1.96 bits per heavy atom. The number of piperidine rings is 1. The average molecular weight is 342 g/mol. The standard InChI is InChI=1S/C15H26N4O3S/c1-12(10-16)18(3)15(20)14-9-13(11-17(14)2)23(21,22)19-7-5-4-6-8-19/h9,11-12H,4-8,10,16H2,1-3H3. The van der Waals surface area contributed by atoms with Gasteiger partial charge in [0.05, 0.1) is 0 Å². The van der Waals surface area contributed by atoms with Crippen LogP contribution in [0.4, 0.5) is 0 Å². The Morgan fingerprint density at radius 3 is 2.52 bits per heavy atom. The fourth-order valence-electron chi connectivity index (χ4n) is 2.68. The lowest BCUT2D eigenvalue weighted by atomic mass is 10.2. The minimum atomic E-state index is -3.53. The first-order chi connectivity index (χ1) is 10.8. The maximum absolute atomic E-state index is 12.7. The van der Waals surface area contributed by atoms with Crippen molar-refractivity contribution in [1.29, 1.82) is 0 Å². The fraction of sp³-hybridized carbons (Fsp3) is 0.667. The third-order valence-corrected chi connectivity index (χ3v) is 6.34. The predicted octanol–water partition coefficient (Wildman–Crippen LogP) is 0.619. The van der Waals surface area contributed by atoms with Crippen LogP contribution >= 0.6 is 0 Å². The lowest BCUT2D eigenvalue weighted by Gasteiger charge is -2.25. The van der Waals surface area contributed by atoms with E-state index in [0.29, 0.717) is 25.3 Å². The molecule has 1 saturated heterocycles. The zero-order valence-corrected chi connectivity index (χ0v) is 14.8. The molecule has 1 unspecified atom stereocenters. The van der Waals surface area contributed by atoms with Gasteiger partial charge in [-0.2, -0.15) is 4.31 Å². The Morgan fingerprint density at radius 1 is 1.35 bits per heavy atom. The van der Waals surface area contributed by atoms with E-state index in [4.69, 9.17) is 5.73 Å². The lowest BCUT2D eigenvalue weighted by molar-refractivity contribution is 0.0739. The lowest BCUT2D eigenvalue weighted by Crippen LogP contribution is -2.40. The van der Waals surface area contributed by atoms with Gasteiger partial charge in [-0.3, -0.25) is 4.79 Å². The number of carbonyl (C=O) groups excluding carboxylic acids is 1. The molecule has 0 saturated carbocycles. The number of nitrogens with zero attached hydrogens (tertiary/aromatic N) is 3.